The lowest BCUT2D eigenvalue weighted by Gasteiger charge is -2.37. The highest BCUT2D eigenvalue weighted by Gasteiger charge is 2.26. The van der Waals surface area contributed by atoms with Crippen LogP contribution in [-0.4, -0.2) is 53.5 Å². The van der Waals surface area contributed by atoms with Gasteiger partial charge in [0.1, 0.15) is 0 Å². The fraction of sp³-hybridized carbons (Fsp3) is 0.308. The molecule has 1 aliphatic rings. The molecule has 1 saturated heterocycles. The number of hydrogen-bond acceptors (Lipinski definition) is 3. The zero-order valence-electron chi connectivity index (χ0n) is 18.1. The number of benzene rings is 2. The van der Waals surface area contributed by atoms with E-state index < -0.39 is 0 Å². The Morgan fingerprint density at radius 3 is 2.65 bits per heavy atom. The van der Waals surface area contributed by atoms with Crippen LogP contribution in [0.25, 0.3) is 11.1 Å². The Morgan fingerprint density at radius 1 is 1.06 bits per heavy atom. The summed E-state index contributed by atoms with van der Waals surface area (Å²) >= 11 is 0. The maximum atomic E-state index is 13.1. The Morgan fingerprint density at radius 2 is 1.84 bits per heavy atom. The second-order valence-corrected chi connectivity index (χ2v) is 8.14. The van der Waals surface area contributed by atoms with E-state index in [0.717, 1.165) is 61.4 Å². The predicted molar refractivity (Wildman–Crippen MR) is 126 cm³/mol. The monoisotopic (exact) mass is 414 g/mol. The van der Waals surface area contributed by atoms with E-state index in [4.69, 9.17) is 0 Å². The third-order valence-corrected chi connectivity index (χ3v) is 6.01. The average molecular weight is 415 g/mol. The van der Waals surface area contributed by atoms with Gasteiger partial charge in [-0.3, -0.25) is 4.98 Å². The summed E-state index contributed by atoms with van der Waals surface area (Å²) in [7, 11) is 2.15. The summed E-state index contributed by atoms with van der Waals surface area (Å²) in [5, 5.41) is 3.15. The van der Waals surface area contributed by atoms with E-state index in [9.17, 15) is 4.79 Å². The molecular weight excluding hydrogens is 384 g/mol. The van der Waals surface area contributed by atoms with Crippen LogP contribution in [-0.2, 0) is 6.42 Å². The Labute approximate surface area is 184 Å². The molecule has 31 heavy (non-hydrogen) atoms. The van der Waals surface area contributed by atoms with E-state index in [-0.39, 0.29) is 6.03 Å². The second kappa shape index (κ2) is 10.2. The first-order valence-electron chi connectivity index (χ1n) is 11.0. The standard InChI is InChI=1S/C26H30N4O/c1-29(19-16-22-12-7-8-17-27-22)23-13-9-18-30(20-23)26(31)28-25-15-6-5-14-24(25)21-10-3-2-4-11-21/h2-8,10-12,14-15,17,23H,9,13,16,18-20H2,1H3,(H,28,31). The Bertz CT molecular complexity index is 977. The molecule has 2 amide bonds. The molecule has 1 N–H and O–H groups in total. The molecule has 3 aromatic rings. The summed E-state index contributed by atoms with van der Waals surface area (Å²) in [5.74, 6) is 0. The van der Waals surface area contributed by atoms with Gasteiger partial charge in [0.15, 0.2) is 0 Å². The molecular formula is C26H30N4O. The number of carbonyl (C=O) groups is 1. The molecule has 1 unspecified atom stereocenters. The van der Waals surface area contributed by atoms with E-state index >= 15 is 0 Å². The summed E-state index contributed by atoms with van der Waals surface area (Å²) in [4.78, 5) is 21.8. The molecule has 0 aliphatic carbocycles. The molecule has 0 radical (unpaired) electrons. The van der Waals surface area contributed by atoms with Gasteiger partial charge in [0.25, 0.3) is 0 Å². The number of pyridine rings is 1. The van der Waals surface area contributed by atoms with E-state index in [1.54, 1.807) is 0 Å². The van der Waals surface area contributed by atoms with Crippen molar-refractivity contribution in [2.75, 3.05) is 32.0 Å². The highest BCUT2D eigenvalue weighted by molar-refractivity contribution is 5.94. The van der Waals surface area contributed by atoms with Crippen LogP contribution in [0.3, 0.4) is 0 Å². The Kier molecular flexibility index (Phi) is 6.95. The summed E-state index contributed by atoms with van der Waals surface area (Å²) < 4.78 is 0. The number of piperidine rings is 1. The van der Waals surface area contributed by atoms with Gasteiger partial charge in [-0.25, -0.2) is 4.79 Å². The van der Waals surface area contributed by atoms with Gasteiger partial charge in [0.2, 0.25) is 0 Å². The number of carbonyl (C=O) groups excluding carboxylic acids is 1. The number of rotatable bonds is 6. The molecule has 1 aliphatic heterocycles. The normalized spacial score (nSPS) is 16.3. The molecule has 0 spiro atoms. The third-order valence-electron chi connectivity index (χ3n) is 6.01. The third kappa shape index (κ3) is 5.50. The SMILES string of the molecule is CN(CCc1ccccn1)C1CCCN(C(=O)Nc2ccccc2-c2ccccc2)C1. The van der Waals surface area contributed by atoms with E-state index in [0.29, 0.717) is 6.04 Å². The minimum atomic E-state index is -0.0220. The largest absolute Gasteiger partial charge is 0.323 e. The maximum absolute atomic E-state index is 13.1. The number of para-hydroxylation sites is 1. The predicted octanol–water partition coefficient (Wildman–Crippen LogP) is 4.92. The summed E-state index contributed by atoms with van der Waals surface area (Å²) in [6, 6.07) is 24.6. The van der Waals surface area contributed by atoms with E-state index in [1.807, 2.05) is 59.6 Å². The molecule has 1 atom stereocenters. The van der Waals surface area contributed by atoms with Crippen molar-refractivity contribution >= 4 is 11.7 Å². The van der Waals surface area contributed by atoms with Gasteiger partial charge in [0, 0.05) is 49.6 Å². The maximum Gasteiger partial charge on any atom is 0.321 e. The lowest BCUT2D eigenvalue weighted by atomic mass is 10.0. The van der Waals surface area contributed by atoms with Gasteiger partial charge in [-0.1, -0.05) is 54.6 Å². The second-order valence-electron chi connectivity index (χ2n) is 8.14. The molecule has 5 heteroatoms. The number of hydrogen-bond donors (Lipinski definition) is 1. The van der Waals surface area contributed by atoms with Crippen molar-refractivity contribution in [1.29, 1.82) is 0 Å². The molecule has 5 nitrogen and oxygen atoms in total. The number of likely N-dealkylation sites (N-methyl/N-ethyl adjacent to an activating group) is 1. The molecule has 1 fully saturated rings. The fourth-order valence-electron chi connectivity index (χ4n) is 4.17. The van der Waals surface area contributed by atoms with Crippen LogP contribution < -0.4 is 5.32 Å². The number of nitrogens with zero attached hydrogens (tertiary/aromatic N) is 3. The van der Waals surface area contributed by atoms with Crippen LogP contribution in [0.4, 0.5) is 10.5 Å². The van der Waals surface area contributed by atoms with Crippen LogP contribution >= 0.6 is 0 Å². The molecule has 2 heterocycles. The molecule has 1 aromatic heterocycles. The van der Waals surface area contributed by atoms with Gasteiger partial charge >= 0.3 is 6.03 Å². The molecule has 2 aromatic carbocycles. The molecule has 160 valence electrons. The zero-order valence-corrected chi connectivity index (χ0v) is 18.1. The van der Waals surface area contributed by atoms with Crippen molar-refractivity contribution in [2.45, 2.75) is 25.3 Å². The fourth-order valence-corrected chi connectivity index (χ4v) is 4.17. The van der Waals surface area contributed by atoms with Gasteiger partial charge < -0.3 is 15.1 Å². The number of amides is 2. The van der Waals surface area contributed by atoms with Gasteiger partial charge in [0.05, 0.1) is 5.69 Å². The lowest BCUT2D eigenvalue weighted by molar-refractivity contribution is 0.133. The minimum absolute atomic E-state index is 0.0220. The Balaban J connectivity index is 1.37. The smallest absolute Gasteiger partial charge is 0.321 e. The van der Waals surface area contributed by atoms with Crippen molar-refractivity contribution in [3.63, 3.8) is 0 Å². The van der Waals surface area contributed by atoms with Crippen molar-refractivity contribution in [1.82, 2.24) is 14.8 Å². The number of anilines is 1. The summed E-state index contributed by atoms with van der Waals surface area (Å²) in [5.41, 5.74) is 4.10. The highest BCUT2D eigenvalue weighted by Crippen LogP contribution is 2.28. The first-order valence-corrected chi connectivity index (χ1v) is 11.0. The van der Waals surface area contributed by atoms with Crippen LogP contribution in [0.1, 0.15) is 18.5 Å². The first-order chi connectivity index (χ1) is 15.2. The van der Waals surface area contributed by atoms with Crippen LogP contribution in [0.2, 0.25) is 0 Å². The van der Waals surface area contributed by atoms with Crippen molar-refractivity contribution in [3.05, 3.63) is 84.7 Å². The minimum Gasteiger partial charge on any atom is -0.323 e. The van der Waals surface area contributed by atoms with Crippen LogP contribution in [0.15, 0.2) is 79.0 Å². The van der Waals surface area contributed by atoms with Crippen LogP contribution in [0.5, 0.6) is 0 Å². The van der Waals surface area contributed by atoms with Crippen LogP contribution in [0, 0.1) is 0 Å². The summed E-state index contributed by atoms with van der Waals surface area (Å²) in [6.07, 6.45) is 4.90. The van der Waals surface area contributed by atoms with E-state index in [2.05, 4.69) is 46.5 Å². The molecule has 0 saturated carbocycles. The molecule has 4 rings (SSSR count). The lowest BCUT2D eigenvalue weighted by Crippen LogP contribution is -2.50. The van der Waals surface area contributed by atoms with Crippen molar-refractivity contribution in [3.8, 4) is 11.1 Å². The zero-order chi connectivity index (χ0) is 21.5. The first kappa shape index (κ1) is 21.1. The molecule has 0 bridgehead atoms. The van der Waals surface area contributed by atoms with Gasteiger partial charge in [-0.15, -0.1) is 0 Å². The number of nitrogens with one attached hydrogen (secondary N) is 1. The highest BCUT2D eigenvalue weighted by atomic mass is 16.2. The van der Waals surface area contributed by atoms with Crippen molar-refractivity contribution < 1.29 is 4.79 Å². The Hall–Kier alpha value is -3.18. The quantitative estimate of drug-likeness (QED) is 0.623. The topological polar surface area (TPSA) is 48.5 Å². The summed E-state index contributed by atoms with van der Waals surface area (Å²) in [6.45, 7) is 2.48. The van der Waals surface area contributed by atoms with Crippen molar-refractivity contribution in [2.24, 2.45) is 0 Å². The number of urea groups is 1. The van der Waals surface area contributed by atoms with E-state index in [1.165, 1.54) is 0 Å². The number of aromatic nitrogens is 1. The van der Waals surface area contributed by atoms with Gasteiger partial charge in [-0.2, -0.15) is 0 Å². The average Bonchev–Trinajstić information content (AvgIpc) is 2.84. The number of likely N-dealkylation sites (tertiary alicyclic amines) is 1. The van der Waals surface area contributed by atoms with Gasteiger partial charge in [-0.05, 0) is 43.7 Å².